The fourth-order valence-corrected chi connectivity index (χ4v) is 6.85. The Bertz CT molecular complexity index is 835. The SMILES string of the molecule is CCN1CCN(Cc2nc(-c3ccccc3)cs2)[C@@H]2CS(=O)(=O)C[C@@H]21. The van der Waals surface area contributed by atoms with Gasteiger partial charge in [-0.15, -0.1) is 11.3 Å². The van der Waals surface area contributed by atoms with Gasteiger partial charge in [-0.1, -0.05) is 37.3 Å². The van der Waals surface area contributed by atoms with Crippen molar-refractivity contribution in [2.45, 2.75) is 25.6 Å². The highest BCUT2D eigenvalue weighted by Gasteiger charge is 2.46. The largest absolute Gasteiger partial charge is 0.297 e. The number of aromatic nitrogens is 1. The molecule has 134 valence electrons. The maximum Gasteiger partial charge on any atom is 0.153 e. The lowest BCUT2D eigenvalue weighted by Crippen LogP contribution is -2.58. The van der Waals surface area contributed by atoms with Gasteiger partial charge in [0.2, 0.25) is 0 Å². The summed E-state index contributed by atoms with van der Waals surface area (Å²) in [6.07, 6.45) is 0. The highest BCUT2D eigenvalue weighted by Crippen LogP contribution is 2.29. The maximum atomic E-state index is 12.2. The van der Waals surface area contributed by atoms with Crippen LogP contribution in [0.3, 0.4) is 0 Å². The summed E-state index contributed by atoms with van der Waals surface area (Å²) in [6, 6.07) is 10.4. The van der Waals surface area contributed by atoms with Gasteiger partial charge in [-0.3, -0.25) is 9.80 Å². The minimum atomic E-state index is -2.94. The summed E-state index contributed by atoms with van der Waals surface area (Å²) in [5, 5.41) is 3.15. The first-order chi connectivity index (χ1) is 12.1. The van der Waals surface area contributed by atoms with Crippen LogP contribution in [0, 0.1) is 0 Å². The lowest BCUT2D eigenvalue weighted by atomic mass is 10.1. The van der Waals surface area contributed by atoms with Crippen LogP contribution in [0.2, 0.25) is 0 Å². The van der Waals surface area contributed by atoms with E-state index in [4.69, 9.17) is 4.98 Å². The molecule has 1 aromatic carbocycles. The lowest BCUT2D eigenvalue weighted by molar-refractivity contribution is 0.0439. The topological polar surface area (TPSA) is 53.5 Å². The van der Waals surface area contributed by atoms with Gasteiger partial charge in [0.25, 0.3) is 0 Å². The molecule has 7 heteroatoms. The van der Waals surface area contributed by atoms with E-state index in [0.29, 0.717) is 5.75 Å². The van der Waals surface area contributed by atoms with Gasteiger partial charge >= 0.3 is 0 Å². The number of likely N-dealkylation sites (N-methyl/N-ethyl adjacent to an activating group) is 1. The van der Waals surface area contributed by atoms with Crippen molar-refractivity contribution in [2.75, 3.05) is 31.1 Å². The van der Waals surface area contributed by atoms with Gasteiger partial charge in [-0.05, 0) is 6.54 Å². The van der Waals surface area contributed by atoms with Gasteiger partial charge in [0.15, 0.2) is 9.84 Å². The van der Waals surface area contributed by atoms with Gasteiger partial charge in [0, 0.05) is 36.1 Å². The molecule has 2 aromatic rings. The van der Waals surface area contributed by atoms with Crippen molar-refractivity contribution >= 4 is 21.2 Å². The highest BCUT2D eigenvalue weighted by molar-refractivity contribution is 7.91. The van der Waals surface area contributed by atoms with Crippen LogP contribution in [0.25, 0.3) is 11.3 Å². The molecule has 3 heterocycles. The third-order valence-electron chi connectivity index (χ3n) is 5.27. The standard InChI is InChI=1S/C18H23N3O2S2/c1-2-20-8-9-21(17-13-25(22,23)12-16(17)20)10-18-19-15(11-24-18)14-6-4-3-5-7-14/h3-7,11,16-17H,2,8-10,12-13H2,1H3/t16-,17+/m0/s1. The Balaban J connectivity index is 1.52. The number of nitrogens with zero attached hydrogens (tertiary/aromatic N) is 3. The van der Waals surface area contributed by atoms with E-state index in [0.717, 1.165) is 42.4 Å². The zero-order chi connectivity index (χ0) is 17.4. The number of rotatable bonds is 4. The van der Waals surface area contributed by atoms with E-state index in [1.54, 1.807) is 11.3 Å². The number of thiazole rings is 1. The first kappa shape index (κ1) is 17.1. The fourth-order valence-electron chi connectivity index (χ4n) is 3.98. The Morgan fingerprint density at radius 2 is 1.80 bits per heavy atom. The highest BCUT2D eigenvalue weighted by atomic mass is 32.2. The molecule has 5 nitrogen and oxygen atoms in total. The zero-order valence-corrected chi connectivity index (χ0v) is 16.0. The molecule has 0 saturated carbocycles. The molecule has 0 unspecified atom stereocenters. The van der Waals surface area contributed by atoms with E-state index < -0.39 is 9.84 Å². The number of piperazine rings is 1. The van der Waals surface area contributed by atoms with Crippen molar-refractivity contribution in [3.8, 4) is 11.3 Å². The normalized spacial score (nSPS) is 26.6. The van der Waals surface area contributed by atoms with Crippen molar-refractivity contribution in [1.82, 2.24) is 14.8 Å². The summed E-state index contributed by atoms with van der Waals surface area (Å²) in [5.41, 5.74) is 2.13. The Kier molecular flexibility index (Phi) is 4.66. The van der Waals surface area contributed by atoms with Crippen LogP contribution in [0.5, 0.6) is 0 Å². The predicted molar refractivity (Wildman–Crippen MR) is 101 cm³/mol. The molecule has 1 aromatic heterocycles. The predicted octanol–water partition coefficient (Wildman–Crippen LogP) is 2.11. The van der Waals surface area contributed by atoms with Crippen molar-refractivity contribution < 1.29 is 8.42 Å². The van der Waals surface area contributed by atoms with Gasteiger partial charge in [0.05, 0.1) is 23.7 Å². The average Bonchev–Trinajstić information content (AvgIpc) is 3.19. The first-order valence-corrected chi connectivity index (χ1v) is 11.4. The summed E-state index contributed by atoms with van der Waals surface area (Å²) in [4.78, 5) is 9.43. The first-order valence-electron chi connectivity index (χ1n) is 8.74. The number of sulfone groups is 1. The summed E-state index contributed by atoms with van der Waals surface area (Å²) >= 11 is 1.66. The van der Waals surface area contributed by atoms with Crippen LogP contribution >= 0.6 is 11.3 Å². The fraction of sp³-hybridized carbons (Fsp3) is 0.500. The molecule has 4 rings (SSSR count). The Morgan fingerprint density at radius 1 is 1.12 bits per heavy atom. The molecule has 2 saturated heterocycles. The molecule has 0 amide bonds. The molecule has 25 heavy (non-hydrogen) atoms. The molecule has 0 aliphatic carbocycles. The lowest BCUT2D eigenvalue weighted by Gasteiger charge is -2.43. The second-order valence-corrected chi connectivity index (χ2v) is 9.90. The summed E-state index contributed by atoms with van der Waals surface area (Å²) in [5.74, 6) is 0.584. The van der Waals surface area contributed by atoms with Gasteiger partial charge in [-0.25, -0.2) is 13.4 Å². The van der Waals surface area contributed by atoms with Crippen molar-refractivity contribution in [1.29, 1.82) is 0 Å². The summed E-state index contributed by atoms with van der Waals surface area (Å²) < 4.78 is 24.4. The molecule has 2 aliphatic heterocycles. The number of hydrogen-bond donors (Lipinski definition) is 0. The van der Waals surface area contributed by atoms with Gasteiger partial charge < -0.3 is 0 Å². The zero-order valence-electron chi connectivity index (χ0n) is 14.3. The van der Waals surface area contributed by atoms with Gasteiger partial charge in [0.1, 0.15) is 5.01 Å². The van der Waals surface area contributed by atoms with E-state index in [-0.39, 0.29) is 17.8 Å². The minimum absolute atomic E-state index is 0.0998. The third-order valence-corrected chi connectivity index (χ3v) is 7.80. The Morgan fingerprint density at radius 3 is 2.52 bits per heavy atom. The molecule has 0 bridgehead atoms. The monoisotopic (exact) mass is 377 g/mol. The number of fused-ring (bicyclic) bond motifs is 1. The van der Waals surface area contributed by atoms with Crippen LogP contribution in [-0.4, -0.2) is 66.4 Å². The quantitative estimate of drug-likeness (QED) is 0.817. The Labute approximate surface area is 153 Å². The molecule has 2 fully saturated rings. The minimum Gasteiger partial charge on any atom is -0.297 e. The second-order valence-electron chi connectivity index (χ2n) is 6.80. The summed E-state index contributed by atoms with van der Waals surface area (Å²) in [7, 11) is -2.94. The van der Waals surface area contributed by atoms with E-state index in [9.17, 15) is 8.42 Å². The number of benzene rings is 1. The maximum absolute atomic E-state index is 12.2. The molecule has 0 N–H and O–H groups in total. The van der Waals surface area contributed by atoms with Crippen LogP contribution in [0.1, 0.15) is 11.9 Å². The Hall–Kier alpha value is -1.28. The van der Waals surface area contributed by atoms with Crippen LogP contribution in [-0.2, 0) is 16.4 Å². The third kappa shape index (κ3) is 3.51. The second kappa shape index (κ2) is 6.79. The summed E-state index contributed by atoms with van der Waals surface area (Å²) in [6.45, 7) is 5.62. The smallest absolute Gasteiger partial charge is 0.153 e. The van der Waals surface area contributed by atoms with E-state index in [1.807, 2.05) is 18.2 Å². The van der Waals surface area contributed by atoms with E-state index in [1.165, 1.54) is 0 Å². The molecule has 2 atom stereocenters. The molecular weight excluding hydrogens is 354 g/mol. The number of hydrogen-bond acceptors (Lipinski definition) is 6. The molecular formula is C18H23N3O2S2. The van der Waals surface area contributed by atoms with Crippen LogP contribution in [0.15, 0.2) is 35.7 Å². The van der Waals surface area contributed by atoms with E-state index >= 15 is 0 Å². The molecule has 0 spiro atoms. The van der Waals surface area contributed by atoms with E-state index in [2.05, 4.69) is 34.2 Å². The van der Waals surface area contributed by atoms with Crippen LogP contribution < -0.4 is 0 Å². The van der Waals surface area contributed by atoms with Crippen molar-refractivity contribution in [3.05, 3.63) is 40.7 Å². The average molecular weight is 378 g/mol. The molecule has 2 aliphatic rings. The van der Waals surface area contributed by atoms with Crippen molar-refractivity contribution in [2.24, 2.45) is 0 Å². The van der Waals surface area contributed by atoms with Gasteiger partial charge in [-0.2, -0.15) is 0 Å². The van der Waals surface area contributed by atoms with Crippen molar-refractivity contribution in [3.63, 3.8) is 0 Å². The molecule has 0 radical (unpaired) electrons. The van der Waals surface area contributed by atoms with Crippen LogP contribution in [0.4, 0.5) is 0 Å².